The lowest BCUT2D eigenvalue weighted by atomic mass is 10.3. The molecule has 1 saturated heterocycles. The van der Waals surface area contributed by atoms with Crippen molar-refractivity contribution in [3.05, 3.63) is 0 Å². The zero-order valence-corrected chi connectivity index (χ0v) is 10.9. The van der Waals surface area contributed by atoms with E-state index in [-0.39, 0.29) is 0 Å². The van der Waals surface area contributed by atoms with Gasteiger partial charge >= 0.3 is 7.75 Å². The van der Waals surface area contributed by atoms with E-state index < -0.39 is 7.75 Å². The Labute approximate surface area is 100 Å². The molecular formula is C8H16Cl2NO3P. The van der Waals surface area contributed by atoms with Crippen LogP contribution in [0.25, 0.3) is 0 Å². The molecule has 0 radical (unpaired) electrons. The van der Waals surface area contributed by atoms with Crippen LogP contribution < -0.4 is 0 Å². The Morgan fingerprint density at radius 1 is 1.07 bits per heavy atom. The van der Waals surface area contributed by atoms with E-state index in [1.807, 2.05) is 0 Å². The number of rotatable bonds is 5. The maximum absolute atomic E-state index is 12.3. The summed E-state index contributed by atoms with van der Waals surface area (Å²) in [6.45, 7) is 1.87. The molecule has 0 saturated carbocycles. The first-order valence-corrected chi connectivity index (χ1v) is 7.56. The fourth-order valence-electron chi connectivity index (χ4n) is 1.32. The third-order valence-corrected chi connectivity index (χ3v) is 4.53. The van der Waals surface area contributed by atoms with Gasteiger partial charge in [-0.05, 0) is 12.8 Å². The van der Waals surface area contributed by atoms with Crippen LogP contribution in [0, 0.1) is 0 Å². The summed E-state index contributed by atoms with van der Waals surface area (Å²) in [7, 11) is -3.14. The maximum atomic E-state index is 12.3. The van der Waals surface area contributed by atoms with Crippen LogP contribution in [-0.2, 0) is 13.6 Å². The van der Waals surface area contributed by atoms with Gasteiger partial charge in [0.2, 0.25) is 0 Å². The van der Waals surface area contributed by atoms with Crippen LogP contribution in [0.1, 0.15) is 12.8 Å². The molecule has 1 aliphatic rings. The Morgan fingerprint density at radius 2 is 1.53 bits per heavy atom. The molecule has 1 aliphatic heterocycles. The molecule has 1 rings (SSSR count). The molecule has 4 nitrogen and oxygen atoms in total. The normalized spacial score (nSPS) is 21.5. The van der Waals surface area contributed by atoms with Crippen molar-refractivity contribution in [1.29, 1.82) is 0 Å². The zero-order valence-electron chi connectivity index (χ0n) is 8.53. The SMILES string of the molecule is O=P1(N(CCCl)CCCl)OCCCCO1. The van der Waals surface area contributed by atoms with E-state index in [0.29, 0.717) is 38.1 Å². The molecule has 0 amide bonds. The van der Waals surface area contributed by atoms with Crippen molar-refractivity contribution in [2.24, 2.45) is 0 Å². The topological polar surface area (TPSA) is 38.8 Å². The lowest BCUT2D eigenvalue weighted by Gasteiger charge is -2.27. The first-order valence-electron chi connectivity index (χ1n) is 4.99. The number of nitrogens with zero attached hydrogens (tertiary/aromatic N) is 1. The predicted molar refractivity (Wildman–Crippen MR) is 61.8 cm³/mol. The van der Waals surface area contributed by atoms with Crippen LogP contribution in [0.5, 0.6) is 0 Å². The summed E-state index contributed by atoms with van der Waals surface area (Å²) < 4.78 is 24.5. The first kappa shape index (κ1) is 13.8. The van der Waals surface area contributed by atoms with Crippen molar-refractivity contribution in [3.63, 3.8) is 0 Å². The number of hydrogen-bond acceptors (Lipinski definition) is 3. The van der Waals surface area contributed by atoms with Gasteiger partial charge in [-0.3, -0.25) is 9.05 Å². The Morgan fingerprint density at radius 3 is 1.93 bits per heavy atom. The minimum Gasteiger partial charge on any atom is -0.297 e. The van der Waals surface area contributed by atoms with E-state index in [4.69, 9.17) is 32.2 Å². The van der Waals surface area contributed by atoms with Crippen molar-refractivity contribution in [2.45, 2.75) is 12.8 Å². The lowest BCUT2D eigenvalue weighted by Crippen LogP contribution is -2.27. The molecule has 1 fully saturated rings. The fourth-order valence-corrected chi connectivity index (χ4v) is 3.77. The highest BCUT2D eigenvalue weighted by Crippen LogP contribution is 2.53. The molecule has 0 unspecified atom stereocenters. The van der Waals surface area contributed by atoms with Gasteiger partial charge in [0.1, 0.15) is 0 Å². The van der Waals surface area contributed by atoms with Gasteiger partial charge in [0.15, 0.2) is 0 Å². The number of hydrogen-bond donors (Lipinski definition) is 0. The van der Waals surface area contributed by atoms with Gasteiger partial charge in [0, 0.05) is 24.8 Å². The molecule has 15 heavy (non-hydrogen) atoms. The summed E-state index contributed by atoms with van der Waals surface area (Å²) >= 11 is 11.3. The minimum atomic E-state index is -3.14. The molecular weight excluding hydrogens is 260 g/mol. The van der Waals surface area contributed by atoms with E-state index in [1.54, 1.807) is 4.67 Å². The van der Waals surface area contributed by atoms with E-state index in [1.165, 1.54) is 0 Å². The van der Waals surface area contributed by atoms with Gasteiger partial charge in [0.25, 0.3) is 0 Å². The average Bonchev–Trinajstić information content (AvgIpc) is 2.44. The molecule has 0 aromatic heterocycles. The van der Waals surface area contributed by atoms with Gasteiger partial charge in [-0.2, -0.15) is 0 Å². The number of halogens is 2. The molecule has 0 aliphatic carbocycles. The predicted octanol–water partition coefficient (Wildman–Crippen LogP) is 2.70. The minimum absolute atomic E-state index is 0.383. The van der Waals surface area contributed by atoms with Crippen LogP contribution in [0.4, 0.5) is 0 Å². The van der Waals surface area contributed by atoms with Gasteiger partial charge in [-0.1, -0.05) is 0 Å². The average molecular weight is 276 g/mol. The molecule has 0 bridgehead atoms. The van der Waals surface area contributed by atoms with Crippen molar-refractivity contribution in [1.82, 2.24) is 4.67 Å². The quantitative estimate of drug-likeness (QED) is 0.571. The molecule has 7 heteroatoms. The number of alkyl halides is 2. The van der Waals surface area contributed by atoms with Crippen LogP contribution in [0.15, 0.2) is 0 Å². The molecule has 0 aromatic carbocycles. The Bertz CT molecular complexity index is 212. The van der Waals surface area contributed by atoms with E-state index >= 15 is 0 Å². The first-order chi connectivity index (χ1) is 7.23. The van der Waals surface area contributed by atoms with Gasteiger partial charge in [-0.15, -0.1) is 23.2 Å². The molecule has 0 atom stereocenters. The smallest absolute Gasteiger partial charge is 0.297 e. The highest BCUT2D eigenvalue weighted by molar-refractivity contribution is 7.51. The second-order valence-electron chi connectivity index (χ2n) is 3.17. The standard InChI is InChI=1S/C8H16Cl2NO3P/c9-3-5-11(6-4-10)15(12)13-7-1-2-8-14-15/h1-8H2. The third kappa shape index (κ3) is 4.22. The highest BCUT2D eigenvalue weighted by atomic mass is 35.5. The summed E-state index contributed by atoms with van der Waals surface area (Å²) in [5.41, 5.74) is 0. The second-order valence-corrected chi connectivity index (χ2v) is 5.95. The maximum Gasteiger partial charge on any atom is 0.408 e. The van der Waals surface area contributed by atoms with Crippen molar-refractivity contribution < 1.29 is 13.6 Å². The molecule has 1 heterocycles. The zero-order chi connectivity index (χ0) is 11.1. The van der Waals surface area contributed by atoms with E-state index in [2.05, 4.69) is 0 Å². The van der Waals surface area contributed by atoms with Crippen LogP contribution in [0.3, 0.4) is 0 Å². The van der Waals surface area contributed by atoms with Crippen LogP contribution in [-0.4, -0.2) is 42.7 Å². The van der Waals surface area contributed by atoms with Crippen molar-refractivity contribution >= 4 is 30.9 Å². The monoisotopic (exact) mass is 275 g/mol. The Kier molecular flexibility index (Phi) is 6.51. The third-order valence-electron chi connectivity index (χ3n) is 2.08. The molecule has 90 valence electrons. The fraction of sp³-hybridized carbons (Fsp3) is 1.00. The van der Waals surface area contributed by atoms with Gasteiger partial charge < -0.3 is 0 Å². The summed E-state index contributed by atoms with van der Waals surface area (Å²) in [5.74, 6) is 0.765. The van der Waals surface area contributed by atoms with Crippen LogP contribution >= 0.6 is 30.9 Å². The van der Waals surface area contributed by atoms with Crippen molar-refractivity contribution in [2.75, 3.05) is 38.1 Å². The van der Waals surface area contributed by atoms with Crippen molar-refractivity contribution in [3.8, 4) is 0 Å². The molecule has 0 N–H and O–H groups in total. The highest BCUT2D eigenvalue weighted by Gasteiger charge is 2.34. The molecule has 0 spiro atoms. The second kappa shape index (κ2) is 7.10. The molecule has 0 aromatic rings. The van der Waals surface area contributed by atoms with Crippen LogP contribution in [0.2, 0.25) is 0 Å². The lowest BCUT2D eigenvalue weighted by molar-refractivity contribution is 0.186. The Balaban J connectivity index is 2.64. The summed E-state index contributed by atoms with van der Waals surface area (Å²) in [6, 6.07) is 0. The summed E-state index contributed by atoms with van der Waals surface area (Å²) in [4.78, 5) is 0. The Hall–Kier alpha value is 0.690. The van der Waals surface area contributed by atoms with Gasteiger partial charge in [-0.25, -0.2) is 9.24 Å². The van der Waals surface area contributed by atoms with E-state index in [9.17, 15) is 4.57 Å². The largest absolute Gasteiger partial charge is 0.408 e. The summed E-state index contributed by atoms with van der Waals surface area (Å²) in [6.07, 6.45) is 1.75. The van der Waals surface area contributed by atoms with Gasteiger partial charge in [0.05, 0.1) is 13.2 Å². The summed E-state index contributed by atoms with van der Waals surface area (Å²) in [5, 5.41) is 0. The van der Waals surface area contributed by atoms with E-state index in [0.717, 1.165) is 12.8 Å².